The van der Waals surface area contributed by atoms with Crippen molar-refractivity contribution in [3.8, 4) is 5.75 Å². The molecule has 0 aliphatic heterocycles. The number of hydrogen-bond donors (Lipinski definition) is 3. The van der Waals surface area contributed by atoms with Gasteiger partial charge in [0.15, 0.2) is 0 Å². The van der Waals surface area contributed by atoms with E-state index in [1.165, 1.54) is 0 Å². The van der Waals surface area contributed by atoms with E-state index in [2.05, 4.69) is 19.2 Å². The third-order valence-corrected chi connectivity index (χ3v) is 4.30. The van der Waals surface area contributed by atoms with Gasteiger partial charge in [0.2, 0.25) is 0 Å². The highest BCUT2D eigenvalue weighted by Gasteiger charge is 2.24. The Bertz CT molecular complexity index is 402. The highest BCUT2D eigenvalue weighted by atomic mass is 35.5. The topological polar surface area (TPSA) is 61.7 Å². The zero-order valence-corrected chi connectivity index (χ0v) is 13.6. The van der Waals surface area contributed by atoms with Crippen molar-refractivity contribution in [2.24, 2.45) is 5.41 Å². The maximum atomic E-state index is 9.92. The second-order valence-electron chi connectivity index (χ2n) is 5.39. The summed E-state index contributed by atoms with van der Waals surface area (Å²) in [5.41, 5.74) is -0.108. The Morgan fingerprint density at radius 3 is 2.52 bits per heavy atom. The number of rotatable bonds is 10. The van der Waals surface area contributed by atoms with Crippen molar-refractivity contribution in [3.05, 3.63) is 29.3 Å². The summed E-state index contributed by atoms with van der Waals surface area (Å²) in [5.74, 6) is 0.574. The van der Waals surface area contributed by atoms with Crippen LogP contribution in [-0.4, -0.2) is 42.6 Å². The van der Waals surface area contributed by atoms with Crippen LogP contribution in [0.3, 0.4) is 0 Å². The minimum Gasteiger partial charge on any atom is -0.489 e. The summed E-state index contributed by atoms with van der Waals surface area (Å²) in [5, 5.41) is 23.1. The van der Waals surface area contributed by atoms with E-state index < -0.39 is 6.10 Å². The predicted molar refractivity (Wildman–Crippen MR) is 85.9 cm³/mol. The summed E-state index contributed by atoms with van der Waals surface area (Å²) in [6.07, 6.45) is 1.18. The van der Waals surface area contributed by atoms with Gasteiger partial charge in [0.1, 0.15) is 18.5 Å². The summed E-state index contributed by atoms with van der Waals surface area (Å²) in [4.78, 5) is 0. The molecule has 0 radical (unpaired) electrons. The Balaban J connectivity index is 2.31. The van der Waals surface area contributed by atoms with E-state index in [0.29, 0.717) is 23.9 Å². The number of ether oxygens (including phenoxy) is 1. The van der Waals surface area contributed by atoms with Gasteiger partial charge in [0.05, 0.1) is 5.02 Å². The van der Waals surface area contributed by atoms with E-state index in [9.17, 15) is 10.2 Å². The van der Waals surface area contributed by atoms with Crippen LogP contribution in [0.15, 0.2) is 24.3 Å². The third-order valence-electron chi connectivity index (χ3n) is 3.98. The van der Waals surface area contributed by atoms with Crippen molar-refractivity contribution in [2.75, 3.05) is 26.3 Å². The molecule has 0 saturated carbocycles. The fraction of sp³-hybridized carbons (Fsp3) is 0.625. The van der Waals surface area contributed by atoms with Crippen LogP contribution in [0.4, 0.5) is 0 Å². The minimum absolute atomic E-state index is 0.108. The molecule has 5 heteroatoms. The number of nitrogens with one attached hydrogen (secondary N) is 1. The van der Waals surface area contributed by atoms with Crippen molar-refractivity contribution < 1.29 is 14.9 Å². The van der Waals surface area contributed by atoms with E-state index in [1.54, 1.807) is 12.1 Å². The number of aliphatic hydroxyl groups is 2. The third kappa shape index (κ3) is 5.83. The van der Waals surface area contributed by atoms with Gasteiger partial charge in [0, 0.05) is 25.1 Å². The molecule has 4 nitrogen and oxygen atoms in total. The summed E-state index contributed by atoms with van der Waals surface area (Å²) in [7, 11) is 0. The zero-order chi connectivity index (χ0) is 15.7. The van der Waals surface area contributed by atoms with Crippen molar-refractivity contribution in [3.63, 3.8) is 0 Å². The molecular weight excluding hydrogens is 290 g/mol. The van der Waals surface area contributed by atoms with E-state index in [0.717, 1.165) is 12.8 Å². The summed E-state index contributed by atoms with van der Waals surface area (Å²) >= 11 is 5.98. The smallest absolute Gasteiger partial charge is 0.138 e. The average Bonchev–Trinajstić information content (AvgIpc) is 2.51. The molecule has 0 saturated heterocycles. The van der Waals surface area contributed by atoms with Gasteiger partial charge in [0.25, 0.3) is 0 Å². The monoisotopic (exact) mass is 315 g/mol. The molecule has 0 aliphatic carbocycles. The fourth-order valence-corrected chi connectivity index (χ4v) is 2.28. The minimum atomic E-state index is -0.619. The van der Waals surface area contributed by atoms with Crippen molar-refractivity contribution >= 4 is 11.6 Å². The highest BCUT2D eigenvalue weighted by molar-refractivity contribution is 6.32. The lowest BCUT2D eigenvalue weighted by atomic mass is 9.83. The molecule has 21 heavy (non-hydrogen) atoms. The SMILES string of the molecule is CCC(CC)(CO)CNCC(O)COc1ccccc1Cl. The van der Waals surface area contributed by atoms with Gasteiger partial charge >= 0.3 is 0 Å². The first kappa shape index (κ1) is 18.2. The second-order valence-corrected chi connectivity index (χ2v) is 5.80. The summed E-state index contributed by atoms with van der Waals surface area (Å²) < 4.78 is 5.49. The molecule has 0 bridgehead atoms. The lowest BCUT2D eigenvalue weighted by molar-refractivity contribution is 0.0863. The van der Waals surface area contributed by atoms with E-state index in [-0.39, 0.29) is 18.6 Å². The molecule has 120 valence electrons. The fourth-order valence-electron chi connectivity index (χ4n) is 2.09. The quantitative estimate of drug-likeness (QED) is 0.621. The first-order valence-corrected chi connectivity index (χ1v) is 7.81. The predicted octanol–water partition coefficient (Wildman–Crippen LogP) is 2.47. The Kier molecular flexibility index (Phi) is 8.04. The van der Waals surface area contributed by atoms with Crippen molar-refractivity contribution in [1.82, 2.24) is 5.32 Å². The number of hydrogen-bond acceptors (Lipinski definition) is 4. The Morgan fingerprint density at radius 1 is 1.29 bits per heavy atom. The molecule has 1 unspecified atom stereocenters. The molecule has 1 aromatic carbocycles. The van der Waals surface area contributed by atoms with Crippen LogP contribution in [0.25, 0.3) is 0 Å². The van der Waals surface area contributed by atoms with Crippen molar-refractivity contribution in [1.29, 1.82) is 0 Å². The van der Waals surface area contributed by atoms with Gasteiger partial charge in [-0.3, -0.25) is 0 Å². The Hall–Kier alpha value is -0.810. The van der Waals surface area contributed by atoms with Gasteiger partial charge in [-0.1, -0.05) is 37.6 Å². The number of aliphatic hydroxyl groups excluding tert-OH is 2. The van der Waals surface area contributed by atoms with Crippen LogP contribution < -0.4 is 10.1 Å². The van der Waals surface area contributed by atoms with Crippen LogP contribution in [0, 0.1) is 5.41 Å². The summed E-state index contributed by atoms with van der Waals surface area (Å²) in [6, 6.07) is 7.19. The lowest BCUT2D eigenvalue weighted by Crippen LogP contribution is -2.40. The molecule has 0 aliphatic rings. The molecule has 1 rings (SSSR count). The molecule has 0 fully saturated rings. The van der Waals surface area contributed by atoms with Crippen LogP contribution in [0.2, 0.25) is 5.02 Å². The number of para-hydroxylation sites is 1. The Morgan fingerprint density at radius 2 is 1.95 bits per heavy atom. The molecule has 0 heterocycles. The lowest BCUT2D eigenvalue weighted by Gasteiger charge is -2.30. The first-order chi connectivity index (χ1) is 10.1. The maximum absolute atomic E-state index is 9.92. The maximum Gasteiger partial charge on any atom is 0.138 e. The van der Waals surface area contributed by atoms with Crippen molar-refractivity contribution in [2.45, 2.75) is 32.8 Å². The molecule has 3 N–H and O–H groups in total. The van der Waals surface area contributed by atoms with Crippen LogP contribution >= 0.6 is 11.6 Å². The van der Waals surface area contributed by atoms with Gasteiger partial charge in [-0.15, -0.1) is 0 Å². The number of benzene rings is 1. The van der Waals surface area contributed by atoms with Gasteiger partial charge in [-0.25, -0.2) is 0 Å². The molecular formula is C16H26ClNO3. The first-order valence-electron chi connectivity index (χ1n) is 7.44. The molecule has 0 spiro atoms. The van der Waals surface area contributed by atoms with Crippen LogP contribution in [0.5, 0.6) is 5.75 Å². The molecule has 0 amide bonds. The van der Waals surface area contributed by atoms with Crippen LogP contribution in [-0.2, 0) is 0 Å². The molecule has 1 aromatic rings. The van der Waals surface area contributed by atoms with Crippen LogP contribution in [0.1, 0.15) is 26.7 Å². The standard InChI is InChI=1S/C16H26ClNO3/c1-3-16(4-2,12-19)11-18-9-13(20)10-21-15-8-6-5-7-14(15)17/h5-8,13,18-20H,3-4,9-12H2,1-2H3. The van der Waals surface area contributed by atoms with Gasteiger partial charge in [-0.2, -0.15) is 0 Å². The largest absolute Gasteiger partial charge is 0.489 e. The van der Waals surface area contributed by atoms with E-state index in [1.807, 2.05) is 12.1 Å². The highest BCUT2D eigenvalue weighted by Crippen LogP contribution is 2.24. The molecule has 1 atom stereocenters. The average molecular weight is 316 g/mol. The zero-order valence-electron chi connectivity index (χ0n) is 12.8. The molecule has 0 aromatic heterocycles. The van der Waals surface area contributed by atoms with E-state index in [4.69, 9.17) is 16.3 Å². The van der Waals surface area contributed by atoms with Gasteiger partial charge in [-0.05, 0) is 25.0 Å². The Labute approximate surface area is 132 Å². The summed E-state index contributed by atoms with van der Waals surface area (Å²) in [6.45, 7) is 5.57. The second kappa shape index (κ2) is 9.26. The van der Waals surface area contributed by atoms with Gasteiger partial charge < -0.3 is 20.3 Å². The van der Waals surface area contributed by atoms with E-state index >= 15 is 0 Å². The normalized spacial score (nSPS) is 13.2. The number of halogens is 1.